The number of fused-ring (bicyclic) bond motifs is 1. The van der Waals surface area contributed by atoms with Crippen LogP contribution in [-0.4, -0.2) is 52.6 Å². The molecule has 1 aliphatic carbocycles. The lowest BCUT2D eigenvalue weighted by atomic mass is 9.93. The van der Waals surface area contributed by atoms with Gasteiger partial charge in [-0.05, 0) is 39.0 Å². The number of ether oxygens (including phenoxy) is 2. The number of H-pyrrole nitrogens is 1. The Morgan fingerprint density at radius 1 is 1.38 bits per heavy atom. The Bertz CT molecular complexity index is 1000. The van der Waals surface area contributed by atoms with E-state index < -0.39 is 43.0 Å². The molecule has 2 saturated heterocycles. The van der Waals surface area contributed by atoms with Gasteiger partial charge in [0.2, 0.25) is 0 Å². The summed E-state index contributed by atoms with van der Waals surface area (Å²) in [6.45, 7) is 1.45. The Morgan fingerprint density at radius 3 is 2.84 bits per heavy atom. The highest BCUT2D eigenvalue weighted by molar-refractivity contribution is 7.48. The number of rotatable bonds is 7. The van der Waals surface area contributed by atoms with Crippen molar-refractivity contribution in [3.05, 3.63) is 33.1 Å². The van der Waals surface area contributed by atoms with Gasteiger partial charge in [0.05, 0.1) is 18.8 Å². The van der Waals surface area contributed by atoms with Crippen LogP contribution in [0, 0.1) is 0 Å². The molecule has 0 aromatic carbocycles. The van der Waals surface area contributed by atoms with E-state index in [1.807, 2.05) is 0 Å². The Hall–Kier alpha value is -1.82. The lowest BCUT2D eigenvalue weighted by molar-refractivity contribution is -0.149. The van der Waals surface area contributed by atoms with Crippen molar-refractivity contribution in [3.63, 3.8) is 0 Å². The summed E-state index contributed by atoms with van der Waals surface area (Å²) in [5, 5.41) is 0. The molecular formula is C19H28N3O9P. The smallest absolute Gasteiger partial charge is 0.462 e. The lowest BCUT2D eigenvalue weighted by Crippen LogP contribution is -2.55. The number of phosphoric acid groups is 1. The Kier molecular flexibility index (Phi) is 6.71. The first kappa shape index (κ1) is 23.3. The van der Waals surface area contributed by atoms with E-state index in [4.69, 9.17) is 28.8 Å². The number of nitrogens with one attached hydrogen (secondary N) is 1. The third-order valence-corrected chi connectivity index (χ3v) is 7.35. The van der Waals surface area contributed by atoms with Gasteiger partial charge in [-0.15, -0.1) is 0 Å². The second kappa shape index (κ2) is 9.20. The van der Waals surface area contributed by atoms with Crippen LogP contribution in [0.15, 0.2) is 21.9 Å². The van der Waals surface area contributed by atoms with Crippen molar-refractivity contribution in [2.24, 2.45) is 5.73 Å². The van der Waals surface area contributed by atoms with E-state index in [1.54, 1.807) is 6.92 Å². The quantitative estimate of drug-likeness (QED) is 0.331. The fourth-order valence-corrected chi connectivity index (χ4v) is 5.78. The number of hydrogen-bond donors (Lipinski definition) is 2. The van der Waals surface area contributed by atoms with Crippen LogP contribution in [0.5, 0.6) is 0 Å². The van der Waals surface area contributed by atoms with E-state index in [9.17, 15) is 18.9 Å². The van der Waals surface area contributed by atoms with E-state index >= 15 is 0 Å². The minimum Gasteiger partial charge on any atom is -0.462 e. The topological polar surface area (TPSA) is 161 Å². The molecule has 3 heterocycles. The minimum absolute atomic E-state index is 0.00351. The summed E-state index contributed by atoms with van der Waals surface area (Å²) >= 11 is 0. The molecule has 3 N–H and O–H groups in total. The van der Waals surface area contributed by atoms with Crippen molar-refractivity contribution >= 4 is 13.8 Å². The van der Waals surface area contributed by atoms with Crippen molar-refractivity contribution in [1.29, 1.82) is 0 Å². The molecule has 0 radical (unpaired) electrons. The molecule has 1 aromatic heterocycles. The third-order valence-electron chi connectivity index (χ3n) is 5.90. The molecule has 3 aliphatic rings. The molecule has 0 bridgehead atoms. The normalized spacial score (nSPS) is 35.0. The van der Waals surface area contributed by atoms with Crippen LogP contribution in [0.4, 0.5) is 0 Å². The zero-order valence-corrected chi connectivity index (χ0v) is 18.7. The number of nitrogens with zero attached hydrogens (tertiary/aromatic N) is 1. The van der Waals surface area contributed by atoms with Crippen LogP contribution < -0.4 is 17.0 Å². The molecule has 1 unspecified atom stereocenters. The minimum atomic E-state index is -3.95. The highest BCUT2D eigenvalue weighted by atomic mass is 31.2. The fourth-order valence-electron chi connectivity index (χ4n) is 4.26. The highest BCUT2D eigenvalue weighted by Crippen LogP contribution is 2.58. The van der Waals surface area contributed by atoms with Gasteiger partial charge in [0.1, 0.15) is 18.3 Å². The summed E-state index contributed by atoms with van der Waals surface area (Å²) in [7, 11) is -3.95. The van der Waals surface area contributed by atoms with Crippen molar-refractivity contribution < 1.29 is 32.4 Å². The molecule has 4 rings (SSSR count). The maximum atomic E-state index is 12.9. The van der Waals surface area contributed by atoms with E-state index in [1.165, 1.54) is 12.3 Å². The molecule has 3 fully saturated rings. The first-order valence-corrected chi connectivity index (χ1v) is 12.2. The van der Waals surface area contributed by atoms with Gasteiger partial charge in [-0.25, -0.2) is 9.36 Å². The SMILES string of the molecule is C[C@@]1(N)[C@@H]2O[P@](=O)(OCCCC(=O)OC3CCCC3)OCC2O[C@H]1n1ccc(=O)[nH]c1=O. The molecule has 12 nitrogen and oxygen atoms in total. The van der Waals surface area contributed by atoms with Gasteiger partial charge in [-0.1, -0.05) is 0 Å². The summed E-state index contributed by atoms with van der Waals surface area (Å²) < 4.78 is 41.5. The second-order valence-electron chi connectivity index (χ2n) is 8.51. The Labute approximate surface area is 183 Å². The Morgan fingerprint density at radius 2 is 2.12 bits per heavy atom. The number of carbonyl (C=O) groups excluding carboxylic acids is 1. The highest BCUT2D eigenvalue weighted by Gasteiger charge is 2.59. The first-order valence-electron chi connectivity index (χ1n) is 10.7. The van der Waals surface area contributed by atoms with Gasteiger partial charge < -0.3 is 15.2 Å². The predicted molar refractivity (Wildman–Crippen MR) is 110 cm³/mol. The van der Waals surface area contributed by atoms with Crippen LogP contribution in [-0.2, 0) is 32.4 Å². The first-order chi connectivity index (χ1) is 15.2. The van der Waals surface area contributed by atoms with E-state index in [0.717, 1.165) is 30.3 Å². The van der Waals surface area contributed by atoms with Crippen LogP contribution >= 0.6 is 7.82 Å². The van der Waals surface area contributed by atoms with Gasteiger partial charge in [0, 0.05) is 18.7 Å². The van der Waals surface area contributed by atoms with Gasteiger partial charge in [-0.2, -0.15) is 0 Å². The Balaban J connectivity index is 1.32. The lowest BCUT2D eigenvalue weighted by Gasteiger charge is -2.35. The molecule has 0 amide bonds. The second-order valence-corrected chi connectivity index (χ2v) is 10.1. The average Bonchev–Trinajstić information content (AvgIpc) is 3.32. The van der Waals surface area contributed by atoms with Crippen LogP contribution in [0.3, 0.4) is 0 Å². The summed E-state index contributed by atoms with van der Waals surface area (Å²) in [5.74, 6) is -0.308. The number of hydrogen-bond acceptors (Lipinski definition) is 10. The van der Waals surface area contributed by atoms with Crippen molar-refractivity contribution in [3.8, 4) is 0 Å². The predicted octanol–water partition coefficient (Wildman–Crippen LogP) is 0.958. The number of esters is 1. The zero-order chi connectivity index (χ0) is 22.9. The molecule has 32 heavy (non-hydrogen) atoms. The van der Waals surface area contributed by atoms with Crippen LogP contribution in [0.25, 0.3) is 0 Å². The molecule has 13 heteroatoms. The molecule has 5 atom stereocenters. The molecule has 178 valence electrons. The number of carbonyl (C=O) groups is 1. The van der Waals surface area contributed by atoms with Crippen molar-refractivity contribution in [2.75, 3.05) is 13.2 Å². The maximum absolute atomic E-state index is 12.9. The molecular weight excluding hydrogens is 445 g/mol. The third kappa shape index (κ3) is 4.90. The van der Waals surface area contributed by atoms with E-state index in [-0.39, 0.29) is 31.7 Å². The van der Waals surface area contributed by atoms with Gasteiger partial charge in [-0.3, -0.25) is 32.7 Å². The molecule has 0 spiro atoms. The summed E-state index contributed by atoms with van der Waals surface area (Å²) in [6, 6.07) is 1.17. The average molecular weight is 473 g/mol. The summed E-state index contributed by atoms with van der Waals surface area (Å²) in [4.78, 5) is 37.5. The monoisotopic (exact) mass is 473 g/mol. The number of aromatic nitrogens is 2. The van der Waals surface area contributed by atoms with Gasteiger partial charge >= 0.3 is 19.5 Å². The number of phosphoric ester groups is 1. The van der Waals surface area contributed by atoms with Crippen LogP contribution in [0.2, 0.25) is 0 Å². The van der Waals surface area contributed by atoms with Gasteiger partial charge in [0.15, 0.2) is 6.23 Å². The summed E-state index contributed by atoms with van der Waals surface area (Å²) in [6.07, 6.45) is 3.07. The number of nitrogens with two attached hydrogens (primary N) is 1. The zero-order valence-electron chi connectivity index (χ0n) is 17.8. The standard InChI is InChI=1S/C19H28N3O9P/c1-19(20)16-13(30-17(19)22-9-8-14(23)21-18(22)25)11-28-32(26,31-16)27-10-4-7-15(24)29-12-5-2-3-6-12/h8-9,12-13,16-17H,2-7,10-11,20H2,1H3,(H,21,23,25)/t13?,16-,17-,19-,32-/m1/s1. The van der Waals surface area contributed by atoms with Crippen LogP contribution in [0.1, 0.15) is 51.7 Å². The fraction of sp³-hybridized carbons (Fsp3) is 0.737. The van der Waals surface area contributed by atoms with Crippen molar-refractivity contribution in [1.82, 2.24) is 9.55 Å². The van der Waals surface area contributed by atoms with E-state index in [2.05, 4.69) is 4.98 Å². The molecule has 2 aliphatic heterocycles. The molecule has 1 saturated carbocycles. The largest absolute Gasteiger partial charge is 0.475 e. The maximum Gasteiger partial charge on any atom is 0.475 e. The molecule has 1 aromatic rings. The summed E-state index contributed by atoms with van der Waals surface area (Å²) in [5.41, 5.74) is 3.89. The van der Waals surface area contributed by atoms with Gasteiger partial charge in [0.25, 0.3) is 5.56 Å². The number of aromatic amines is 1. The van der Waals surface area contributed by atoms with E-state index in [0.29, 0.717) is 6.42 Å². The van der Waals surface area contributed by atoms with Crippen molar-refractivity contribution in [2.45, 2.75) is 75.5 Å².